The van der Waals surface area contributed by atoms with Gasteiger partial charge in [-0.05, 0) is 18.2 Å². The predicted molar refractivity (Wildman–Crippen MR) is 99.4 cm³/mol. The van der Waals surface area contributed by atoms with E-state index in [1.54, 1.807) is 24.3 Å². The number of benzene rings is 2. The lowest BCUT2D eigenvalue weighted by molar-refractivity contribution is 0.0695. The van der Waals surface area contributed by atoms with Gasteiger partial charge in [0.25, 0.3) is 0 Å². The van der Waals surface area contributed by atoms with Gasteiger partial charge in [-0.25, -0.2) is 18.0 Å². The quantitative estimate of drug-likeness (QED) is 0.680. The topological polar surface area (TPSA) is 71.8 Å². The predicted octanol–water partition coefficient (Wildman–Crippen LogP) is 2.94. The number of anilines is 1. The van der Waals surface area contributed by atoms with Crippen LogP contribution in [0.3, 0.4) is 0 Å². The first-order valence-corrected chi connectivity index (χ1v) is 8.78. The first-order valence-electron chi connectivity index (χ1n) is 8.78. The fraction of sp³-hybridized carbons (Fsp3) is 0.200. The highest BCUT2D eigenvalue weighted by atomic mass is 19.2. The lowest BCUT2D eigenvalue weighted by Crippen LogP contribution is -2.36. The van der Waals surface area contributed by atoms with Crippen molar-refractivity contribution in [2.45, 2.75) is 0 Å². The minimum Gasteiger partial charge on any atom is -0.477 e. The maximum absolute atomic E-state index is 14.7. The number of halogens is 3. The van der Waals surface area contributed by atoms with Crippen molar-refractivity contribution in [3.8, 4) is 5.69 Å². The molecule has 0 unspecified atom stereocenters. The molecule has 1 fully saturated rings. The van der Waals surface area contributed by atoms with Gasteiger partial charge in [0, 0.05) is 19.3 Å². The molecule has 1 aromatic heterocycles. The Morgan fingerprint density at radius 3 is 2.34 bits per heavy atom. The fourth-order valence-corrected chi connectivity index (χ4v) is 3.47. The van der Waals surface area contributed by atoms with Crippen molar-refractivity contribution in [2.24, 2.45) is 0 Å². The zero-order chi connectivity index (χ0) is 20.7. The van der Waals surface area contributed by atoms with Gasteiger partial charge in [-0.1, -0.05) is 12.1 Å². The third-order valence-electron chi connectivity index (χ3n) is 4.85. The summed E-state index contributed by atoms with van der Waals surface area (Å²) in [4.78, 5) is 26.0. The van der Waals surface area contributed by atoms with Crippen LogP contribution in [0.15, 0.2) is 41.3 Å². The second kappa shape index (κ2) is 7.25. The number of hydrogen-bond donors (Lipinski definition) is 1. The van der Waals surface area contributed by atoms with E-state index in [2.05, 4.69) is 0 Å². The summed E-state index contributed by atoms with van der Waals surface area (Å²) in [7, 11) is 0. The largest absolute Gasteiger partial charge is 0.477 e. The Hall–Kier alpha value is -3.33. The monoisotopic (exact) mass is 404 g/mol. The summed E-state index contributed by atoms with van der Waals surface area (Å²) in [6.45, 7) is 2.00. The van der Waals surface area contributed by atoms with Gasteiger partial charge in [0.2, 0.25) is 5.43 Å². The highest BCUT2D eigenvalue weighted by Crippen LogP contribution is 2.30. The molecule has 1 saturated heterocycles. The van der Waals surface area contributed by atoms with E-state index >= 15 is 0 Å². The molecule has 29 heavy (non-hydrogen) atoms. The Kier molecular flexibility index (Phi) is 4.75. The van der Waals surface area contributed by atoms with Crippen LogP contribution < -0.4 is 10.3 Å². The average Bonchev–Trinajstić information content (AvgIpc) is 2.73. The van der Waals surface area contributed by atoms with E-state index in [-0.39, 0.29) is 0 Å². The van der Waals surface area contributed by atoms with Crippen LogP contribution in [-0.2, 0) is 4.74 Å². The molecule has 0 radical (unpaired) electrons. The summed E-state index contributed by atoms with van der Waals surface area (Å²) in [6, 6.07) is 7.23. The number of carbonyl (C=O) groups is 1. The molecule has 4 rings (SSSR count). The lowest BCUT2D eigenvalue weighted by Gasteiger charge is -2.31. The van der Waals surface area contributed by atoms with Gasteiger partial charge in [-0.2, -0.15) is 0 Å². The normalized spacial score (nSPS) is 14.4. The molecule has 0 spiro atoms. The number of aromatic nitrogens is 1. The van der Waals surface area contributed by atoms with E-state index in [9.17, 15) is 27.9 Å². The van der Waals surface area contributed by atoms with Gasteiger partial charge < -0.3 is 19.3 Å². The summed E-state index contributed by atoms with van der Waals surface area (Å²) >= 11 is 0. The van der Waals surface area contributed by atoms with Crippen molar-refractivity contribution in [2.75, 3.05) is 31.2 Å². The molecule has 2 aromatic carbocycles. The summed E-state index contributed by atoms with van der Waals surface area (Å²) in [5.74, 6) is -6.43. The van der Waals surface area contributed by atoms with Crippen molar-refractivity contribution in [1.29, 1.82) is 0 Å². The molecule has 0 bridgehead atoms. The van der Waals surface area contributed by atoms with E-state index < -0.39 is 45.3 Å². The minimum atomic E-state index is -1.74. The van der Waals surface area contributed by atoms with Crippen molar-refractivity contribution >= 4 is 22.6 Å². The first kappa shape index (κ1) is 19.0. The van der Waals surface area contributed by atoms with Crippen LogP contribution in [0.1, 0.15) is 10.4 Å². The number of carboxylic acid groups (broad SMARTS) is 1. The molecule has 0 atom stereocenters. The summed E-state index contributed by atoms with van der Waals surface area (Å²) in [5.41, 5.74) is -1.36. The molecule has 0 amide bonds. The Morgan fingerprint density at radius 2 is 1.69 bits per heavy atom. The van der Waals surface area contributed by atoms with E-state index in [0.717, 1.165) is 10.8 Å². The zero-order valence-electron chi connectivity index (χ0n) is 15.0. The Morgan fingerprint density at radius 1 is 1.03 bits per heavy atom. The van der Waals surface area contributed by atoms with Crippen LogP contribution in [-0.4, -0.2) is 41.9 Å². The van der Waals surface area contributed by atoms with Gasteiger partial charge in [-0.15, -0.1) is 0 Å². The van der Waals surface area contributed by atoms with Crippen molar-refractivity contribution in [3.63, 3.8) is 0 Å². The molecule has 150 valence electrons. The van der Waals surface area contributed by atoms with E-state index in [0.29, 0.717) is 43.7 Å². The highest BCUT2D eigenvalue weighted by molar-refractivity contribution is 5.94. The molecular formula is C20H15F3N2O4. The standard InChI is InChI=1S/C20H15F3N2O4/c21-13-9-11-18(17(23)16(13)22)25(10-12(19(11)26)20(27)28)15-4-2-1-3-14(15)24-5-7-29-8-6-24/h1-4,9-10H,5-8H2,(H,27,28). The van der Waals surface area contributed by atoms with Gasteiger partial charge in [0.05, 0.1) is 35.5 Å². The first-order chi connectivity index (χ1) is 13.9. The van der Waals surface area contributed by atoms with E-state index in [4.69, 9.17) is 4.74 Å². The number of nitrogens with zero attached hydrogens (tertiary/aromatic N) is 2. The van der Waals surface area contributed by atoms with Crippen LogP contribution in [0, 0.1) is 17.5 Å². The minimum absolute atomic E-state index is 0.326. The van der Waals surface area contributed by atoms with E-state index in [1.807, 2.05) is 4.90 Å². The van der Waals surface area contributed by atoms with Crippen LogP contribution in [0.2, 0.25) is 0 Å². The van der Waals surface area contributed by atoms with Crippen molar-refractivity contribution in [1.82, 2.24) is 4.57 Å². The molecule has 1 aliphatic rings. The molecule has 3 aromatic rings. The molecular weight excluding hydrogens is 389 g/mol. The summed E-state index contributed by atoms with van der Waals surface area (Å²) in [6.07, 6.45) is 0.937. The number of para-hydroxylation sites is 2. The molecule has 9 heteroatoms. The third kappa shape index (κ3) is 3.13. The number of rotatable bonds is 3. The van der Waals surface area contributed by atoms with Crippen molar-refractivity contribution in [3.05, 3.63) is 69.8 Å². The number of aromatic carboxylic acids is 1. The maximum atomic E-state index is 14.7. The molecule has 1 N–H and O–H groups in total. The molecule has 1 aliphatic heterocycles. The number of fused-ring (bicyclic) bond motifs is 1. The van der Waals surface area contributed by atoms with Crippen LogP contribution in [0.5, 0.6) is 0 Å². The second-order valence-corrected chi connectivity index (χ2v) is 6.52. The molecule has 2 heterocycles. The Bertz CT molecular complexity index is 1190. The van der Waals surface area contributed by atoms with Crippen LogP contribution in [0.25, 0.3) is 16.6 Å². The molecule has 0 aliphatic carbocycles. The number of hydrogen-bond acceptors (Lipinski definition) is 4. The maximum Gasteiger partial charge on any atom is 0.341 e. The molecule has 0 saturated carbocycles. The van der Waals surface area contributed by atoms with E-state index in [1.165, 1.54) is 0 Å². The van der Waals surface area contributed by atoms with Crippen LogP contribution in [0.4, 0.5) is 18.9 Å². The SMILES string of the molecule is O=C(O)c1cn(-c2ccccc2N2CCOCC2)c2c(F)c(F)c(F)cc2c1=O. The number of pyridine rings is 1. The third-order valence-corrected chi connectivity index (χ3v) is 4.85. The Balaban J connectivity index is 2.09. The smallest absolute Gasteiger partial charge is 0.341 e. The summed E-state index contributed by atoms with van der Waals surface area (Å²) in [5, 5.41) is 8.85. The van der Waals surface area contributed by atoms with Crippen molar-refractivity contribution < 1.29 is 27.8 Å². The lowest BCUT2D eigenvalue weighted by atomic mass is 10.1. The zero-order valence-corrected chi connectivity index (χ0v) is 15.0. The Labute approximate surface area is 162 Å². The van der Waals surface area contributed by atoms with Gasteiger partial charge in [0.15, 0.2) is 17.5 Å². The van der Waals surface area contributed by atoms with Gasteiger partial charge >= 0.3 is 5.97 Å². The van der Waals surface area contributed by atoms with Gasteiger partial charge in [-0.3, -0.25) is 4.79 Å². The molecule has 6 nitrogen and oxygen atoms in total. The fourth-order valence-electron chi connectivity index (χ4n) is 3.47. The summed E-state index contributed by atoms with van der Waals surface area (Å²) < 4.78 is 48.9. The second-order valence-electron chi connectivity index (χ2n) is 6.52. The average molecular weight is 404 g/mol. The number of carboxylic acids is 1. The highest BCUT2D eigenvalue weighted by Gasteiger charge is 2.24. The van der Waals surface area contributed by atoms with Gasteiger partial charge in [0.1, 0.15) is 5.56 Å². The number of morpholine rings is 1. The number of ether oxygens (including phenoxy) is 1. The van der Waals surface area contributed by atoms with Crippen LogP contribution >= 0.6 is 0 Å².